The van der Waals surface area contributed by atoms with Crippen LogP contribution in [0.3, 0.4) is 0 Å². The molecule has 0 aliphatic carbocycles. The van der Waals surface area contributed by atoms with E-state index >= 15 is 0 Å². The lowest BCUT2D eigenvalue weighted by Crippen LogP contribution is -2.31. The molecule has 0 saturated carbocycles. The molecular formula is C11H16N6S. The standard InChI is InChI=1S/C11H16N6S/c1-9-5-10(6-16-17-9)7-18-4-3-14-11(13-2)15-8-12/h5-6H,3-4,7H2,1-2H3,(H2,13,14,15). The summed E-state index contributed by atoms with van der Waals surface area (Å²) in [6.45, 7) is 2.59. The number of rotatable bonds is 5. The molecule has 18 heavy (non-hydrogen) atoms. The zero-order valence-corrected chi connectivity index (χ0v) is 11.3. The fourth-order valence-electron chi connectivity index (χ4n) is 1.25. The molecule has 0 atom stereocenters. The highest BCUT2D eigenvalue weighted by molar-refractivity contribution is 7.98. The molecule has 0 fully saturated rings. The third-order valence-corrected chi connectivity index (χ3v) is 3.03. The van der Waals surface area contributed by atoms with Crippen LogP contribution in [0.4, 0.5) is 0 Å². The van der Waals surface area contributed by atoms with Gasteiger partial charge in [-0.2, -0.15) is 27.2 Å². The Morgan fingerprint density at radius 1 is 1.61 bits per heavy atom. The molecule has 1 aromatic heterocycles. The molecule has 0 radical (unpaired) electrons. The van der Waals surface area contributed by atoms with Crippen LogP contribution in [0, 0.1) is 18.4 Å². The van der Waals surface area contributed by atoms with Crippen molar-refractivity contribution in [1.82, 2.24) is 20.8 Å². The van der Waals surface area contributed by atoms with E-state index in [1.54, 1.807) is 25.0 Å². The lowest BCUT2D eigenvalue weighted by Gasteiger charge is -2.03. The van der Waals surface area contributed by atoms with Crippen molar-refractivity contribution >= 4 is 17.7 Å². The Kier molecular flexibility index (Phi) is 6.58. The lowest BCUT2D eigenvalue weighted by atomic mass is 10.3. The molecule has 1 aromatic rings. The van der Waals surface area contributed by atoms with Gasteiger partial charge < -0.3 is 5.32 Å². The van der Waals surface area contributed by atoms with Crippen molar-refractivity contribution in [1.29, 1.82) is 5.26 Å². The molecule has 0 aliphatic heterocycles. The molecule has 0 unspecified atom stereocenters. The number of guanidine groups is 1. The van der Waals surface area contributed by atoms with Gasteiger partial charge in [0.25, 0.3) is 0 Å². The molecule has 96 valence electrons. The van der Waals surface area contributed by atoms with Gasteiger partial charge in [0.05, 0.1) is 18.4 Å². The van der Waals surface area contributed by atoms with E-state index in [4.69, 9.17) is 5.26 Å². The number of aryl methyl sites for hydroxylation is 1. The second kappa shape index (κ2) is 8.31. The fourth-order valence-corrected chi connectivity index (χ4v) is 2.01. The average Bonchev–Trinajstić information content (AvgIpc) is 2.37. The molecule has 0 bridgehead atoms. The molecule has 6 nitrogen and oxygen atoms in total. The Bertz CT molecular complexity index is 439. The van der Waals surface area contributed by atoms with Crippen LogP contribution in [-0.4, -0.2) is 35.5 Å². The number of nitrogens with one attached hydrogen (secondary N) is 2. The quantitative estimate of drug-likeness (QED) is 0.267. The number of aliphatic imine (C=N–C) groups is 1. The van der Waals surface area contributed by atoms with Crippen LogP contribution in [-0.2, 0) is 5.75 Å². The first-order valence-electron chi connectivity index (χ1n) is 5.49. The summed E-state index contributed by atoms with van der Waals surface area (Å²) in [6, 6.07) is 2.03. The van der Waals surface area contributed by atoms with Crippen LogP contribution in [0.2, 0.25) is 0 Å². The van der Waals surface area contributed by atoms with Gasteiger partial charge in [0.2, 0.25) is 5.96 Å². The summed E-state index contributed by atoms with van der Waals surface area (Å²) in [5, 5.41) is 21.5. The van der Waals surface area contributed by atoms with Gasteiger partial charge in [0, 0.05) is 18.6 Å². The van der Waals surface area contributed by atoms with Gasteiger partial charge in [-0.3, -0.25) is 10.3 Å². The van der Waals surface area contributed by atoms with Gasteiger partial charge in [-0.15, -0.1) is 0 Å². The minimum atomic E-state index is 0.500. The number of aromatic nitrogens is 2. The van der Waals surface area contributed by atoms with Crippen LogP contribution in [0.25, 0.3) is 0 Å². The van der Waals surface area contributed by atoms with Crippen LogP contribution in [0.15, 0.2) is 17.3 Å². The molecule has 2 N–H and O–H groups in total. The van der Waals surface area contributed by atoms with E-state index in [0.717, 1.165) is 17.2 Å². The van der Waals surface area contributed by atoms with Crippen molar-refractivity contribution in [3.05, 3.63) is 23.5 Å². The summed E-state index contributed by atoms with van der Waals surface area (Å²) in [5.41, 5.74) is 2.10. The maximum atomic E-state index is 8.45. The van der Waals surface area contributed by atoms with E-state index in [0.29, 0.717) is 12.5 Å². The first-order chi connectivity index (χ1) is 8.76. The summed E-state index contributed by atoms with van der Waals surface area (Å²) < 4.78 is 0. The molecule has 0 aliphatic rings. The second-order valence-corrected chi connectivity index (χ2v) is 4.58. The summed E-state index contributed by atoms with van der Waals surface area (Å²) in [6.07, 6.45) is 3.60. The Morgan fingerprint density at radius 2 is 2.44 bits per heavy atom. The molecule has 1 rings (SSSR count). The van der Waals surface area contributed by atoms with E-state index in [2.05, 4.69) is 25.8 Å². The van der Waals surface area contributed by atoms with Crippen LogP contribution in [0.5, 0.6) is 0 Å². The number of hydrogen-bond donors (Lipinski definition) is 2. The van der Waals surface area contributed by atoms with Crippen molar-refractivity contribution < 1.29 is 0 Å². The van der Waals surface area contributed by atoms with Crippen LogP contribution >= 0.6 is 11.8 Å². The van der Waals surface area contributed by atoms with Gasteiger partial charge in [0.15, 0.2) is 6.19 Å². The van der Waals surface area contributed by atoms with Crippen molar-refractivity contribution in [2.24, 2.45) is 4.99 Å². The Labute approximate surface area is 111 Å². The lowest BCUT2D eigenvalue weighted by molar-refractivity contribution is 0.963. The number of nitrogens with zero attached hydrogens (tertiary/aromatic N) is 4. The van der Waals surface area contributed by atoms with Crippen molar-refractivity contribution in [2.75, 3.05) is 19.3 Å². The third kappa shape index (κ3) is 5.50. The zero-order valence-electron chi connectivity index (χ0n) is 10.5. The third-order valence-electron chi connectivity index (χ3n) is 2.02. The van der Waals surface area contributed by atoms with E-state index < -0.39 is 0 Å². The Hall–Kier alpha value is -1.81. The largest absolute Gasteiger partial charge is 0.359 e. The smallest absolute Gasteiger partial charge is 0.204 e. The van der Waals surface area contributed by atoms with Crippen molar-refractivity contribution in [3.63, 3.8) is 0 Å². The van der Waals surface area contributed by atoms with Crippen LogP contribution in [0.1, 0.15) is 11.3 Å². The summed E-state index contributed by atoms with van der Waals surface area (Å²) in [7, 11) is 1.72. The van der Waals surface area contributed by atoms with E-state index in [1.807, 2.05) is 19.2 Å². The summed E-state index contributed by atoms with van der Waals surface area (Å²) >= 11 is 1.77. The van der Waals surface area contributed by atoms with Gasteiger partial charge in [-0.05, 0) is 18.6 Å². The maximum Gasteiger partial charge on any atom is 0.204 e. The predicted octanol–water partition coefficient (Wildman–Crippen LogP) is 0.664. The molecule has 0 saturated heterocycles. The molecule has 1 heterocycles. The number of thioether (sulfide) groups is 1. The van der Waals surface area contributed by atoms with E-state index in [1.165, 1.54) is 5.56 Å². The molecule has 0 spiro atoms. The number of hydrogen-bond acceptors (Lipinski definition) is 5. The topological polar surface area (TPSA) is 86.0 Å². The summed E-state index contributed by atoms with van der Waals surface area (Å²) in [5.74, 6) is 2.28. The monoisotopic (exact) mass is 264 g/mol. The average molecular weight is 264 g/mol. The van der Waals surface area contributed by atoms with Crippen molar-refractivity contribution in [2.45, 2.75) is 12.7 Å². The fraction of sp³-hybridized carbons (Fsp3) is 0.455. The van der Waals surface area contributed by atoms with Crippen LogP contribution < -0.4 is 10.6 Å². The highest BCUT2D eigenvalue weighted by atomic mass is 32.2. The zero-order chi connectivity index (χ0) is 13.2. The molecule has 7 heteroatoms. The van der Waals surface area contributed by atoms with E-state index in [9.17, 15) is 0 Å². The highest BCUT2D eigenvalue weighted by Gasteiger charge is 1.96. The minimum absolute atomic E-state index is 0.500. The molecule has 0 aromatic carbocycles. The Morgan fingerprint density at radius 3 is 3.11 bits per heavy atom. The number of nitriles is 1. The maximum absolute atomic E-state index is 8.45. The van der Waals surface area contributed by atoms with E-state index in [-0.39, 0.29) is 0 Å². The van der Waals surface area contributed by atoms with Crippen molar-refractivity contribution in [3.8, 4) is 6.19 Å². The minimum Gasteiger partial charge on any atom is -0.359 e. The van der Waals surface area contributed by atoms with Gasteiger partial charge >= 0.3 is 0 Å². The SMILES string of the molecule is CNC(=NCCSCc1cnnc(C)c1)NC#N. The first kappa shape index (κ1) is 14.3. The first-order valence-corrected chi connectivity index (χ1v) is 6.65. The van der Waals surface area contributed by atoms with Gasteiger partial charge in [0.1, 0.15) is 0 Å². The second-order valence-electron chi connectivity index (χ2n) is 3.47. The molecule has 0 amide bonds. The Balaban J connectivity index is 2.25. The van der Waals surface area contributed by atoms with Gasteiger partial charge in [-0.1, -0.05) is 0 Å². The molecular weight excluding hydrogens is 248 g/mol. The van der Waals surface area contributed by atoms with Gasteiger partial charge in [-0.25, -0.2) is 0 Å². The normalized spacial score (nSPS) is 10.8. The highest BCUT2D eigenvalue weighted by Crippen LogP contribution is 2.10. The predicted molar refractivity (Wildman–Crippen MR) is 73.0 cm³/mol. The summed E-state index contributed by atoms with van der Waals surface area (Å²) in [4.78, 5) is 4.20.